The Hall–Kier alpha value is -5.91. The number of amides is 2. The first-order valence-corrected chi connectivity index (χ1v) is 21.8. The second-order valence-corrected chi connectivity index (χ2v) is 17.9. The molecule has 1 aliphatic carbocycles. The van der Waals surface area contributed by atoms with Gasteiger partial charge in [-0.05, 0) is 108 Å². The Morgan fingerprint density at radius 3 is 1.82 bits per heavy atom. The van der Waals surface area contributed by atoms with Crippen molar-refractivity contribution >= 4 is 28.3 Å². The van der Waals surface area contributed by atoms with Crippen LogP contribution in [0.5, 0.6) is 0 Å². The van der Waals surface area contributed by atoms with Crippen LogP contribution in [0.2, 0.25) is 0 Å². The molecular formula is C50H57N9O2. The number of carbonyl (C=O) groups excluding carboxylic acids is 2. The number of carbonyl (C=O) groups is 2. The smallest absolute Gasteiger partial charge is 0.245 e. The van der Waals surface area contributed by atoms with Crippen LogP contribution in [0.1, 0.15) is 110 Å². The highest BCUT2D eigenvalue weighted by Crippen LogP contribution is 2.42. The van der Waals surface area contributed by atoms with Gasteiger partial charge in [0.15, 0.2) is 0 Å². The summed E-state index contributed by atoms with van der Waals surface area (Å²) < 4.78 is 0. The van der Waals surface area contributed by atoms with Crippen molar-refractivity contribution in [2.24, 2.45) is 0 Å². The molecule has 2 amide bonds. The number of aromatic amines is 2. The highest BCUT2D eigenvalue weighted by atomic mass is 16.2. The maximum absolute atomic E-state index is 14.0. The Morgan fingerprint density at radius 2 is 1.28 bits per heavy atom. The number of fused-ring (bicyclic) bond motifs is 1. The van der Waals surface area contributed by atoms with E-state index in [9.17, 15) is 9.59 Å². The first-order chi connectivity index (χ1) is 29.6. The maximum atomic E-state index is 14.0. The van der Waals surface area contributed by atoms with Gasteiger partial charge in [0.05, 0.1) is 41.4 Å². The number of nitrogens with zero attached hydrogens (tertiary/aromatic N) is 7. The van der Waals surface area contributed by atoms with Crippen molar-refractivity contribution in [2.75, 3.05) is 41.3 Å². The van der Waals surface area contributed by atoms with Gasteiger partial charge in [0.25, 0.3) is 0 Å². The van der Waals surface area contributed by atoms with Crippen molar-refractivity contribution in [1.82, 2.24) is 44.5 Å². The number of likely N-dealkylation sites (N-methyl/N-ethyl adjacent to an activating group) is 2. The number of H-pyrrole nitrogens is 2. The van der Waals surface area contributed by atoms with Gasteiger partial charge in [-0.15, -0.1) is 0 Å². The largest absolute Gasteiger partial charge is 0.341 e. The molecule has 3 aromatic heterocycles. The summed E-state index contributed by atoms with van der Waals surface area (Å²) in [4.78, 5) is 58.2. The van der Waals surface area contributed by atoms with Crippen LogP contribution in [0.25, 0.3) is 27.7 Å². The molecule has 0 radical (unpaired) electrons. The second kappa shape index (κ2) is 16.9. The molecule has 11 heteroatoms. The summed E-state index contributed by atoms with van der Waals surface area (Å²) in [6.45, 7) is 3.77. The first kappa shape index (κ1) is 40.5. The van der Waals surface area contributed by atoms with E-state index in [1.807, 2.05) is 121 Å². The summed E-state index contributed by atoms with van der Waals surface area (Å²) >= 11 is 0. The van der Waals surface area contributed by atoms with E-state index in [0.29, 0.717) is 0 Å². The molecule has 2 saturated heterocycles. The standard InChI is InChI=1S/C50H57N9O2/c1-50(26-24-33(25-27-50)39-31-51-46(54-39)41-18-12-28-58(41)48(60)44(56(2)3)34-14-8-6-9-15-34)43-23-21-36-30-37(20-22-38(36)53-43)40-32-52-47(55-40)42-19-13-29-59(42)49(61)45(57(4)5)35-16-10-7-11-17-35/h6-11,14-17,20-24,30-32,41-42,44-45H,12-13,18-19,25-29H2,1-5H3,(H,51,54)(H,52,55)/t41-,42-,44+,45+,50?/m0/s1. The van der Waals surface area contributed by atoms with Gasteiger partial charge in [-0.2, -0.15) is 0 Å². The van der Waals surface area contributed by atoms with E-state index in [-0.39, 0.29) is 41.4 Å². The van der Waals surface area contributed by atoms with Crippen molar-refractivity contribution in [3.05, 3.63) is 144 Å². The minimum absolute atomic E-state index is 0.0609. The van der Waals surface area contributed by atoms with Crippen LogP contribution >= 0.6 is 0 Å². The molecule has 5 atom stereocenters. The summed E-state index contributed by atoms with van der Waals surface area (Å²) in [5.41, 5.74) is 8.27. The minimum Gasteiger partial charge on any atom is -0.341 e. The van der Waals surface area contributed by atoms with E-state index >= 15 is 0 Å². The van der Waals surface area contributed by atoms with E-state index < -0.39 is 0 Å². The van der Waals surface area contributed by atoms with E-state index in [0.717, 1.165) is 114 Å². The summed E-state index contributed by atoms with van der Waals surface area (Å²) in [5, 5.41) is 1.08. The lowest BCUT2D eigenvalue weighted by Crippen LogP contribution is -2.40. The molecule has 5 heterocycles. The molecule has 3 aromatic carbocycles. The van der Waals surface area contributed by atoms with E-state index in [1.165, 1.54) is 5.57 Å². The van der Waals surface area contributed by atoms with Gasteiger partial charge in [-0.3, -0.25) is 24.4 Å². The molecule has 6 aromatic rings. The number of pyridine rings is 1. The van der Waals surface area contributed by atoms with E-state index in [2.05, 4.69) is 53.3 Å². The Bertz CT molecular complexity index is 2540. The van der Waals surface area contributed by atoms with Gasteiger partial charge >= 0.3 is 0 Å². The highest BCUT2D eigenvalue weighted by Gasteiger charge is 2.39. The average molecular weight is 816 g/mol. The molecule has 0 spiro atoms. The molecule has 2 aliphatic heterocycles. The summed E-state index contributed by atoms with van der Waals surface area (Å²) in [6, 6.07) is 30.0. The van der Waals surface area contributed by atoms with Crippen molar-refractivity contribution in [3.8, 4) is 11.3 Å². The quantitative estimate of drug-likeness (QED) is 0.134. The molecule has 2 N–H and O–H groups in total. The first-order valence-electron chi connectivity index (χ1n) is 21.8. The van der Waals surface area contributed by atoms with Gasteiger partial charge in [0.1, 0.15) is 23.7 Å². The Kier molecular flexibility index (Phi) is 11.2. The zero-order chi connectivity index (χ0) is 42.3. The van der Waals surface area contributed by atoms with Gasteiger partial charge < -0.3 is 19.8 Å². The average Bonchev–Trinajstić information content (AvgIpc) is 4.12. The lowest BCUT2D eigenvalue weighted by Gasteiger charge is -2.32. The highest BCUT2D eigenvalue weighted by molar-refractivity contribution is 5.86. The lowest BCUT2D eigenvalue weighted by molar-refractivity contribution is -0.138. The molecule has 61 heavy (non-hydrogen) atoms. The molecular weight excluding hydrogens is 759 g/mol. The van der Waals surface area contributed by atoms with Crippen LogP contribution in [-0.2, 0) is 15.0 Å². The number of benzene rings is 3. The summed E-state index contributed by atoms with van der Waals surface area (Å²) in [6.07, 6.45) is 12.6. The molecule has 11 nitrogen and oxygen atoms in total. The zero-order valence-electron chi connectivity index (χ0n) is 36.0. The number of likely N-dealkylation sites (tertiary alicyclic amines) is 2. The second-order valence-electron chi connectivity index (χ2n) is 17.9. The summed E-state index contributed by atoms with van der Waals surface area (Å²) in [5.74, 6) is 1.93. The molecule has 0 bridgehead atoms. The molecule has 2 fully saturated rings. The minimum atomic E-state index is -0.345. The fourth-order valence-electron chi connectivity index (χ4n) is 9.93. The normalized spacial score (nSPS) is 21.7. The number of nitrogens with one attached hydrogen (secondary N) is 2. The fraction of sp³-hybridized carbons (Fsp3) is 0.380. The monoisotopic (exact) mass is 815 g/mol. The van der Waals surface area contributed by atoms with Crippen LogP contribution < -0.4 is 0 Å². The van der Waals surface area contributed by atoms with Crippen LogP contribution in [0, 0.1) is 0 Å². The lowest BCUT2D eigenvalue weighted by atomic mass is 9.73. The fourth-order valence-corrected chi connectivity index (χ4v) is 9.93. The summed E-state index contributed by atoms with van der Waals surface area (Å²) in [7, 11) is 7.88. The van der Waals surface area contributed by atoms with Crippen molar-refractivity contribution in [3.63, 3.8) is 0 Å². The predicted octanol–water partition coefficient (Wildman–Crippen LogP) is 8.81. The predicted molar refractivity (Wildman–Crippen MR) is 240 cm³/mol. The topological polar surface area (TPSA) is 117 Å². The van der Waals surface area contributed by atoms with E-state index in [4.69, 9.17) is 15.0 Å². The van der Waals surface area contributed by atoms with E-state index in [1.54, 1.807) is 0 Å². The number of hydrogen-bond donors (Lipinski definition) is 2. The van der Waals surface area contributed by atoms with Crippen molar-refractivity contribution in [2.45, 2.75) is 81.5 Å². The van der Waals surface area contributed by atoms with Crippen LogP contribution in [-0.4, -0.2) is 97.6 Å². The Morgan fingerprint density at radius 1 is 0.721 bits per heavy atom. The van der Waals surface area contributed by atoms with Crippen molar-refractivity contribution < 1.29 is 9.59 Å². The number of hydrogen-bond acceptors (Lipinski definition) is 7. The number of imidazole rings is 2. The SMILES string of the molecule is CN(C)[C@@H](C(=O)N1CCC[C@H]1c1ncc(C2=CCC(C)(c3ccc4cc(-c5cnc([C@@H]6CCCN6C(=O)[C@@H](c6ccccc6)N(C)C)[nH]5)ccc4n3)CC2)[nH]1)c1ccccc1. The van der Waals surface area contributed by atoms with Crippen LogP contribution in [0.15, 0.2) is 109 Å². The van der Waals surface area contributed by atoms with Crippen LogP contribution in [0.4, 0.5) is 0 Å². The Balaban J connectivity index is 0.870. The number of aromatic nitrogens is 5. The molecule has 314 valence electrons. The van der Waals surface area contributed by atoms with Gasteiger partial charge in [0, 0.05) is 35.1 Å². The molecule has 3 aliphatic rings. The maximum Gasteiger partial charge on any atom is 0.245 e. The van der Waals surface area contributed by atoms with Gasteiger partial charge in [0.2, 0.25) is 11.8 Å². The third-order valence-corrected chi connectivity index (χ3v) is 13.3. The molecule has 0 saturated carbocycles. The van der Waals surface area contributed by atoms with Gasteiger partial charge in [-0.1, -0.05) is 85.8 Å². The molecule has 9 rings (SSSR count). The third-order valence-electron chi connectivity index (χ3n) is 13.3. The van der Waals surface area contributed by atoms with Crippen LogP contribution in [0.3, 0.4) is 0 Å². The number of rotatable bonds is 11. The Labute approximate surface area is 358 Å². The third kappa shape index (κ3) is 7.92. The van der Waals surface area contributed by atoms with Gasteiger partial charge in [-0.25, -0.2) is 9.97 Å². The molecule has 1 unspecified atom stereocenters. The number of allylic oxidation sites excluding steroid dienone is 2. The zero-order valence-corrected chi connectivity index (χ0v) is 36.0. The van der Waals surface area contributed by atoms with Crippen molar-refractivity contribution in [1.29, 1.82) is 0 Å².